The smallest absolute Gasteiger partial charge is 0.649 e. The van der Waals surface area contributed by atoms with E-state index in [9.17, 15) is 0 Å². The van der Waals surface area contributed by atoms with Crippen LogP contribution >= 0.6 is 0 Å². The third kappa shape index (κ3) is 12.9. The molecule has 0 atom stereocenters. The Morgan fingerprint density at radius 3 is 0.381 bits per heavy atom. The summed E-state index contributed by atoms with van der Waals surface area (Å²) < 4.78 is 0. The van der Waals surface area contributed by atoms with Gasteiger partial charge in [0.05, 0.1) is 35.2 Å². The molecule has 0 aromatic heterocycles. The molecule has 4 saturated carbocycles. The van der Waals surface area contributed by atoms with Crippen LogP contribution in [0.2, 0.25) is 0 Å². The molecule has 0 saturated heterocycles. The SMILES string of the molecule is CC1(C)C(C)(C)C1([N-]C1C=CC=C1)[SiH](c1ccccc1)c1ccccc1.CC1(C)C(C)(C)C1([N-]C1C=CC=C1)[SiH](c1ccccc1)c1ccccc1.CC1(C)C(C)(C)C1([N-]C1C=CC=C1)[SiH](c1ccccc1)c1ccccc1.CC1(C)C(C)(C)C1([N-]C1C=CC=C1)[SiH](c1ccccc1)c1ccccc1.[Ti+4]. The van der Waals surface area contributed by atoms with Crippen LogP contribution in [0.3, 0.4) is 0 Å². The zero-order valence-corrected chi connectivity index (χ0v) is 71.4. The van der Waals surface area contributed by atoms with E-state index in [2.05, 4.69) is 451 Å². The normalized spacial score (nSPS) is 21.8. The minimum atomic E-state index is -1.59. The number of hydrogen-bond acceptors (Lipinski definition) is 0. The van der Waals surface area contributed by atoms with Crippen LogP contribution in [-0.4, -0.2) is 80.0 Å². The molecule has 0 spiro atoms. The van der Waals surface area contributed by atoms with Crippen LogP contribution < -0.4 is 41.5 Å². The zero-order chi connectivity index (χ0) is 73.7. The monoisotopic (exact) mass is 1480 g/mol. The van der Waals surface area contributed by atoms with Gasteiger partial charge in [-0.2, -0.15) is 0 Å². The van der Waals surface area contributed by atoms with Crippen LogP contribution in [0.15, 0.2) is 340 Å². The maximum absolute atomic E-state index is 5.57. The summed E-state index contributed by atoms with van der Waals surface area (Å²) >= 11 is 0. The molecule has 0 N–H and O–H groups in total. The van der Waals surface area contributed by atoms with Gasteiger partial charge in [0.15, 0.2) is 0 Å². The van der Waals surface area contributed by atoms with E-state index in [-0.39, 0.29) is 110 Å². The number of rotatable bonds is 20. The largest absolute Gasteiger partial charge is 4.00 e. The van der Waals surface area contributed by atoms with Gasteiger partial charge in [-0.15, -0.1) is 20.6 Å². The van der Waals surface area contributed by atoms with Crippen molar-refractivity contribution in [3.05, 3.63) is 361 Å². The second-order valence-electron chi connectivity index (χ2n) is 34.6. The van der Waals surface area contributed by atoms with Gasteiger partial charge in [0.1, 0.15) is 0 Å². The van der Waals surface area contributed by atoms with E-state index in [0.29, 0.717) is 0 Å². The summed E-state index contributed by atoms with van der Waals surface area (Å²) in [4.78, 5) is 0. The first kappa shape index (κ1) is 77.7. The summed E-state index contributed by atoms with van der Waals surface area (Å²) in [6, 6.07) is 89.9. The minimum absolute atomic E-state index is 0. The molecule has 4 fully saturated rings. The summed E-state index contributed by atoms with van der Waals surface area (Å²) in [6.45, 7) is 38.7. The van der Waals surface area contributed by atoms with Gasteiger partial charge in [-0.25, -0.2) is 0 Å². The third-order valence-corrected chi connectivity index (χ3v) is 46.8. The van der Waals surface area contributed by atoms with Gasteiger partial charge in [0, 0.05) is 0 Å². The molecule has 536 valence electrons. The van der Waals surface area contributed by atoms with Crippen molar-refractivity contribution in [2.75, 3.05) is 0 Å². The Balaban J connectivity index is 0.000000131. The fourth-order valence-electron chi connectivity index (χ4n) is 20.6. The van der Waals surface area contributed by atoms with Gasteiger partial charge in [-0.05, 0) is 43.3 Å². The molecular weight excluding hydrogens is 1370 g/mol. The second kappa shape index (κ2) is 29.9. The van der Waals surface area contributed by atoms with Gasteiger partial charge in [-0.1, -0.05) is 516 Å². The first-order valence-electron chi connectivity index (χ1n) is 38.3. The van der Waals surface area contributed by atoms with Crippen molar-refractivity contribution in [2.24, 2.45) is 43.3 Å². The van der Waals surface area contributed by atoms with E-state index in [1.54, 1.807) is 0 Å². The first-order chi connectivity index (χ1) is 49.7. The topological polar surface area (TPSA) is 56.4 Å². The quantitative estimate of drug-likeness (QED) is 0.0683. The number of allylic oxidation sites excluding steroid dienone is 8. The Morgan fingerprint density at radius 2 is 0.286 bits per heavy atom. The standard InChI is InChI=1S/4C24H28NSi.Ti/c4*1-22(2)23(3,4)24(22,25-19-13-11-12-14-19)26(20-15-7-5-8-16-20)21-17-9-6-10-18-21;/h4*5-19,26H,1-4H3;/q4*-1;+4. The van der Waals surface area contributed by atoms with Gasteiger partial charge in [0.2, 0.25) is 0 Å². The van der Waals surface area contributed by atoms with E-state index in [1.807, 2.05) is 0 Å². The molecule has 0 radical (unpaired) electrons. The van der Waals surface area contributed by atoms with E-state index >= 15 is 0 Å². The Hall–Kier alpha value is -6.90. The predicted molar refractivity (Wildman–Crippen MR) is 460 cm³/mol. The number of hydrogen-bond donors (Lipinski definition) is 0. The summed E-state index contributed by atoms with van der Waals surface area (Å²) in [5.74, 6) is 0. The van der Waals surface area contributed by atoms with Crippen molar-refractivity contribution >= 4 is 76.7 Å². The van der Waals surface area contributed by atoms with Gasteiger partial charge in [-0.3, -0.25) is 0 Å². The number of nitrogens with zero attached hydrogens (tertiary/aromatic N) is 4. The summed E-state index contributed by atoms with van der Waals surface area (Å²) in [7, 11) is -6.36. The van der Waals surface area contributed by atoms with Crippen LogP contribution in [-0.2, 0) is 21.7 Å². The molecule has 0 aliphatic heterocycles. The van der Waals surface area contributed by atoms with Crippen LogP contribution in [0.5, 0.6) is 0 Å². The zero-order valence-electron chi connectivity index (χ0n) is 65.2. The maximum Gasteiger partial charge on any atom is 4.00 e. The van der Waals surface area contributed by atoms with E-state index in [4.69, 9.17) is 21.3 Å². The molecule has 16 rings (SSSR count). The molecule has 8 aromatic carbocycles. The summed E-state index contributed by atoms with van der Waals surface area (Å²) in [5, 5.41) is 34.2. The van der Waals surface area contributed by atoms with Crippen molar-refractivity contribution in [1.29, 1.82) is 0 Å². The Labute approximate surface area is 653 Å². The molecule has 0 amide bonds. The van der Waals surface area contributed by atoms with Crippen molar-refractivity contribution < 1.29 is 21.7 Å². The molecule has 8 aliphatic rings. The Bertz CT molecular complexity index is 3660. The first-order valence-corrected chi connectivity index (χ1v) is 45.3. The Kier molecular flexibility index (Phi) is 22.1. The second-order valence-corrected chi connectivity index (χ2v) is 46.8. The van der Waals surface area contributed by atoms with Crippen molar-refractivity contribution in [1.82, 2.24) is 0 Å². The molecule has 0 bridgehead atoms. The molecule has 9 heteroatoms. The van der Waals surface area contributed by atoms with Crippen LogP contribution in [0, 0.1) is 43.3 Å². The van der Waals surface area contributed by atoms with Gasteiger partial charge < -0.3 is 21.3 Å². The maximum atomic E-state index is 5.57. The molecule has 4 nitrogen and oxygen atoms in total. The van der Waals surface area contributed by atoms with E-state index in [0.717, 1.165) is 0 Å². The molecule has 0 unspecified atom stereocenters. The average Bonchev–Trinajstić information content (AvgIpc) is 1.50. The van der Waals surface area contributed by atoms with Crippen LogP contribution in [0.4, 0.5) is 0 Å². The van der Waals surface area contributed by atoms with Crippen molar-refractivity contribution in [3.63, 3.8) is 0 Å². The van der Waals surface area contributed by atoms with Gasteiger partial charge in [0.25, 0.3) is 0 Å². The number of benzene rings is 8. The van der Waals surface area contributed by atoms with Crippen molar-refractivity contribution in [3.8, 4) is 0 Å². The van der Waals surface area contributed by atoms with E-state index < -0.39 is 35.2 Å². The minimum Gasteiger partial charge on any atom is -0.649 e. The molecular formula is C96H112N4Si4Ti. The molecule has 105 heavy (non-hydrogen) atoms. The van der Waals surface area contributed by atoms with E-state index in [1.165, 1.54) is 41.5 Å². The Morgan fingerprint density at radius 1 is 0.181 bits per heavy atom. The third-order valence-electron chi connectivity index (χ3n) is 28.7. The van der Waals surface area contributed by atoms with Crippen LogP contribution in [0.1, 0.15) is 111 Å². The predicted octanol–water partition coefficient (Wildman–Crippen LogP) is 17.0. The summed E-state index contributed by atoms with van der Waals surface area (Å²) in [5.41, 5.74) is 1.39. The van der Waals surface area contributed by atoms with Gasteiger partial charge >= 0.3 is 21.7 Å². The average molecular weight is 1480 g/mol. The molecule has 8 aromatic rings. The summed E-state index contributed by atoms with van der Waals surface area (Å²) in [6.07, 6.45) is 34.9. The molecule has 0 heterocycles. The van der Waals surface area contributed by atoms with Crippen molar-refractivity contribution in [2.45, 2.75) is 156 Å². The molecule has 8 aliphatic carbocycles. The fourth-order valence-corrected chi connectivity index (χ4v) is 40.5. The fraction of sp³-hybridized carbons (Fsp3) is 0.333. The van der Waals surface area contributed by atoms with Crippen LogP contribution in [0.25, 0.3) is 21.3 Å².